The van der Waals surface area contributed by atoms with E-state index in [9.17, 15) is 0 Å². The minimum absolute atomic E-state index is 0.00535. The van der Waals surface area contributed by atoms with Crippen LogP contribution in [0.2, 0.25) is 0 Å². The van der Waals surface area contributed by atoms with Crippen molar-refractivity contribution in [1.29, 1.82) is 0 Å². The predicted octanol–water partition coefficient (Wildman–Crippen LogP) is 3.29. The van der Waals surface area contributed by atoms with Gasteiger partial charge in [-0.15, -0.1) is 0 Å². The van der Waals surface area contributed by atoms with E-state index in [4.69, 9.17) is 10.3 Å². The van der Waals surface area contributed by atoms with Gasteiger partial charge < -0.3 is 4.74 Å². The summed E-state index contributed by atoms with van der Waals surface area (Å²) < 4.78 is 5.45. The summed E-state index contributed by atoms with van der Waals surface area (Å²) in [6.45, 7) is 3.12. The molecule has 0 aliphatic heterocycles. The van der Waals surface area contributed by atoms with E-state index in [1.165, 1.54) is 0 Å². The van der Waals surface area contributed by atoms with Crippen LogP contribution >= 0.6 is 0 Å². The molecule has 0 spiro atoms. The summed E-state index contributed by atoms with van der Waals surface area (Å²) in [6, 6.07) is 10.0. The number of rotatable bonds is 6. The van der Waals surface area contributed by atoms with Crippen LogP contribution < -0.4 is 0 Å². The number of ether oxygens (including phenoxy) is 1. The van der Waals surface area contributed by atoms with Crippen molar-refractivity contribution in [1.82, 2.24) is 0 Å². The summed E-state index contributed by atoms with van der Waals surface area (Å²) in [5, 5.41) is 3.57. The van der Waals surface area contributed by atoms with Crippen LogP contribution in [0.4, 0.5) is 0 Å². The van der Waals surface area contributed by atoms with E-state index >= 15 is 0 Å². The van der Waals surface area contributed by atoms with E-state index in [0.29, 0.717) is 13.2 Å². The Morgan fingerprint density at radius 3 is 2.80 bits per heavy atom. The van der Waals surface area contributed by atoms with Crippen molar-refractivity contribution in [2.45, 2.75) is 26.0 Å². The summed E-state index contributed by atoms with van der Waals surface area (Å²) in [6.07, 6.45) is 0.761. The van der Waals surface area contributed by atoms with Crippen molar-refractivity contribution >= 4 is 0 Å². The molecule has 1 atom stereocenters. The van der Waals surface area contributed by atoms with E-state index < -0.39 is 0 Å². The highest BCUT2D eigenvalue weighted by atomic mass is 16.5. The predicted molar refractivity (Wildman–Crippen MR) is 59.3 cm³/mol. The topological polar surface area (TPSA) is 58.0 Å². The SMILES string of the molecule is C[C@@H](CCOCc1ccccc1)N=[N+]=[N-]. The van der Waals surface area contributed by atoms with Crippen molar-refractivity contribution in [3.05, 3.63) is 46.3 Å². The molecule has 0 fully saturated rings. The maximum absolute atomic E-state index is 8.19. The van der Waals surface area contributed by atoms with Gasteiger partial charge in [0, 0.05) is 17.6 Å². The zero-order valence-corrected chi connectivity index (χ0v) is 8.84. The van der Waals surface area contributed by atoms with Gasteiger partial charge in [-0.05, 0) is 17.5 Å². The Balaban J connectivity index is 2.15. The first-order chi connectivity index (χ1) is 7.33. The van der Waals surface area contributed by atoms with Crippen molar-refractivity contribution < 1.29 is 4.74 Å². The van der Waals surface area contributed by atoms with Crippen molar-refractivity contribution in [2.75, 3.05) is 6.61 Å². The van der Waals surface area contributed by atoms with Gasteiger partial charge in [-0.25, -0.2) is 0 Å². The fourth-order valence-electron chi connectivity index (χ4n) is 1.16. The quantitative estimate of drug-likeness (QED) is 0.304. The van der Waals surface area contributed by atoms with Gasteiger partial charge in [0.1, 0.15) is 0 Å². The second kappa shape index (κ2) is 6.87. The molecular weight excluding hydrogens is 190 g/mol. The molecule has 80 valence electrons. The van der Waals surface area contributed by atoms with Gasteiger partial charge >= 0.3 is 0 Å². The molecule has 0 saturated carbocycles. The summed E-state index contributed by atoms with van der Waals surface area (Å²) in [5.74, 6) is 0. The largest absolute Gasteiger partial charge is 0.377 e. The fourth-order valence-corrected chi connectivity index (χ4v) is 1.16. The normalized spacial score (nSPS) is 11.8. The van der Waals surface area contributed by atoms with Gasteiger partial charge in [-0.2, -0.15) is 0 Å². The lowest BCUT2D eigenvalue weighted by molar-refractivity contribution is 0.115. The number of hydrogen-bond acceptors (Lipinski definition) is 2. The highest BCUT2D eigenvalue weighted by molar-refractivity contribution is 5.13. The van der Waals surface area contributed by atoms with E-state index in [1.807, 2.05) is 37.3 Å². The van der Waals surface area contributed by atoms with Gasteiger partial charge in [0.2, 0.25) is 0 Å². The van der Waals surface area contributed by atoms with Crippen LogP contribution in [0, 0.1) is 0 Å². The molecule has 0 radical (unpaired) electrons. The molecule has 0 saturated heterocycles. The standard InChI is InChI=1S/C11H15N3O/c1-10(13-14-12)7-8-15-9-11-5-3-2-4-6-11/h2-6,10H,7-9H2,1H3/t10-/m0/s1. The molecule has 0 amide bonds. The Bertz CT molecular complexity index is 320. The Morgan fingerprint density at radius 1 is 1.40 bits per heavy atom. The monoisotopic (exact) mass is 205 g/mol. The number of azide groups is 1. The lowest BCUT2D eigenvalue weighted by atomic mass is 10.2. The molecule has 15 heavy (non-hydrogen) atoms. The maximum Gasteiger partial charge on any atom is 0.0716 e. The van der Waals surface area contributed by atoms with Crippen LogP contribution in [0.15, 0.2) is 35.4 Å². The average Bonchev–Trinajstić information content (AvgIpc) is 2.26. The second-order valence-electron chi connectivity index (χ2n) is 3.38. The molecule has 1 rings (SSSR count). The van der Waals surface area contributed by atoms with Crippen molar-refractivity contribution in [3.8, 4) is 0 Å². The average molecular weight is 205 g/mol. The summed E-state index contributed by atoms with van der Waals surface area (Å²) in [7, 11) is 0. The lowest BCUT2D eigenvalue weighted by Crippen LogP contribution is -2.03. The molecule has 0 N–H and O–H groups in total. The minimum Gasteiger partial charge on any atom is -0.377 e. The van der Waals surface area contributed by atoms with Gasteiger partial charge in [0.15, 0.2) is 0 Å². The zero-order valence-electron chi connectivity index (χ0n) is 8.84. The second-order valence-corrected chi connectivity index (χ2v) is 3.38. The van der Waals surface area contributed by atoms with Crippen LogP contribution in [-0.4, -0.2) is 12.6 Å². The molecule has 0 aliphatic carbocycles. The first-order valence-corrected chi connectivity index (χ1v) is 4.99. The Labute approximate surface area is 89.5 Å². The van der Waals surface area contributed by atoms with E-state index in [0.717, 1.165) is 12.0 Å². The fraction of sp³-hybridized carbons (Fsp3) is 0.455. The third-order valence-corrected chi connectivity index (χ3v) is 2.04. The minimum atomic E-state index is 0.00535. The number of hydrogen-bond donors (Lipinski definition) is 0. The first kappa shape index (κ1) is 11.6. The third kappa shape index (κ3) is 5.05. The summed E-state index contributed by atoms with van der Waals surface area (Å²) in [5.41, 5.74) is 9.35. The molecule has 1 aromatic carbocycles. The highest BCUT2D eigenvalue weighted by Gasteiger charge is 1.98. The molecule has 0 aromatic heterocycles. The molecule has 0 bridgehead atoms. The van der Waals surface area contributed by atoms with Gasteiger partial charge in [-0.3, -0.25) is 0 Å². The lowest BCUT2D eigenvalue weighted by Gasteiger charge is -2.05. The Morgan fingerprint density at radius 2 is 2.13 bits per heavy atom. The van der Waals surface area contributed by atoms with Crippen LogP contribution in [-0.2, 0) is 11.3 Å². The summed E-state index contributed by atoms with van der Waals surface area (Å²) >= 11 is 0. The highest BCUT2D eigenvalue weighted by Crippen LogP contribution is 2.02. The zero-order chi connectivity index (χ0) is 10.9. The van der Waals surface area contributed by atoms with Gasteiger partial charge in [-0.1, -0.05) is 42.4 Å². The number of nitrogens with zero attached hydrogens (tertiary/aromatic N) is 3. The Kier molecular flexibility index (Phi) is 5.30. The van der Waals surface area contributed by atoms with Crippen molar-refractivity contribution in [2.24, 2.45) is 5.11 Å². The van der Waals surface area contributed by atoms with E-state index in [-0.39, 0.29) is 6.04 Å². The van der Waals surface area contributed by atoms with Crippen LogP contribution in [0.3, 0.4) is 0 Å². The maximum atomic E-state index is 8.19. The van der Waals surface area contributed by atoms with E-state index in [1.54, 1.807) is 0 Å². The molecule has 4 heteroatoms. The number of benzene rings is 1. The van der Waals surface area contributed by atoms with Crippen molar-refractivity contribution in [3.63, 3.8) is 0 Å². The van der Waals surface area contributed by atoms with Crippen LogP contribution in [0.25, 0.3) is 10.4 Å². The molecule has 4 nitrogen and oxygen atoms in total. The smallest absolute Gasteiger partial charge is 0.0716 e. The molecule has 1 aromatic rings. The van der Waals surface area contributed by atoms with E-state index in [2.05, 4.69) is 10.0 Å². The van der Waals surface area contributed by atoms with Gasteiger partial charge in [0.25, 0.3) is 0 Å². The third-order valence-electron chi connectivity index (χ3n) is 2.04. The molecule has 0 heterocycles. The van der Waals surface area contributed by atoms with Gasteiger partial charge in [0.05, 0.1) is 6.61 Å². The molecule has 0 aliphatic rings. The molecular formula is C11H15N3O. The summed E-state index contributed by atoms with van der Waals surface area (Å²) in [4.78, 5) is 2.74. The van der Waals surface area contributed by atoms with Crippen LogP contribution in [0.1, 0.15) is 18.9 Å². The van der Waals surface area contributed by atoms with Crippen LogP contribution in [0.5, 0.6) is 0 Å². The Hall–Kier alpha value is -1.51. The molecule has 0 unspecified atom stereocenters. The first-order valence-electron chi connectivity index (χ1n) is 4.99.